The number of hydrogen-bond acceptors (Lipinski definition) is 2. The van der Waals surface area contributed by atoms with Gasteiger partial charge in [-0.1, -0.05) is 0 Å². The van der Waals surface area contributed by atoms with E-state index >= 15 is 0 Å². The molecule has 0 aromatic rings. The van der Waals surface area contributed by atoms with E-state index in [-0.39, 0.29) is 7.11 Å². The SMILES string of the molecule is CCO[Te](F)(F)(F)(F)OC. The second-order valence-corrected chi connectivity index (χ2v) is 8.38. The van der Waals surface area contributed by atoms with Crippen molar-refractivity contribution >= 4 is 18.5 Å². The van der Waals surface area contributed by atoms with Crippen LogP contribution in [-0.4, -0.2) is 32.2 Å². The average molecular weight is 280 g/mol. The van der Waals surface area contributed by atoms with E-state index < -0.39 is 25.1 Å². The molecule has 7 heteroatoms. The van der Waals surface area contributed by atoms with Gasteiger partial charge in [0.05, 0.1) is 0 Å². The number of halogens is 4. The minimum atomic E-state index is -9.35. The topological polar surface area (TPSA) is 18.5 Å². The van der Waals surface area contributed by atoms with E-state index in [0.29, 0.717) is 0 Å². The Morgan fingerprint density at radius 2 is 1.60 bits per heavy atom. The molecule has 0 fully saturated rings. The predicted molar refractivity (Wildman–Crippen MR) is 28.8 cm³/mol. The summed E-state index contributed by atoms with van der Waals surface area (Å²) < 4.78 is 53.7. The van der Waals surface area contributed by atoms with Gasteiger partial charge in [0, 0.05) is 0 Å². The fourth-order valence-electron chi connectivity index (χ4n) is 0.274. The molecule has 0 aliphatic rings. The normalized spacial score (nSPS) is 19.8. The standard InChI is InChI=1S/C3H8F4O2Te/c1-3-9-10(4,5,6,7)8-2/h3H2,1-2H3. The van der Waals surface area contributed by atoms with Gasteiger partial charge in [0.2, 0.25) is 0 Å². The van der Waals surface area contributed by atoms with Gasteiger partial charge in [-0.05, 0) is 0 Å². The molecule has 0 aromatic carbocycles. The van der Waals surface area contributed by atoms with Crippen LogP contribution in [-0.2, 0) is 6.20 Å². The molecule has 0 saturated heterocycles. The van der Waals surface area contributed by atoms with Crippen molar-refractivity contribution in [1.82, 2.24) is 0 Å². The Labute approximate surface area is 57.4 Å². The molecule has 0 unspecified atom stereocenters. The fraction of sp³-hybridized carbons (Fsp3) is 1.00. The Balaban J connectivity index is 4.55. The van der Waals surface area contributed by atoms with Crippen molar-refractivity contribution in [1.29, 1.82) is 0 Å². The van der Waals surface area contributed by atoms with Gasteiger partial charge in [-0.15, -0.1) is 0 Å². The van der Waals surface area contributed by atoms with E-state index in [2.05, 4.69) is 6.20 Å². The zero-order valence-electron chi connectivity index (χ0n) is 5.44. The average Bonchev–Trinajstić information content (AvgIpc) is 1.64. The van der Waals surface area contributed by atoms with Crippen molar-refractivity contribution < 1.29 is 17.8 Å². The summed E-state index contributed by atoms with van der Waals surface area (Å²) in [5.41, 5.74) is 0. The first-order valence-corrected chi connectivity index (χ1v) is 7.78. The van der Waals surface area contributed by atoms with Gasteiger partial charge in [-0.2, -0.15) is 0 Å². The van der Waals surface area contributed by atoms with Gasteiger partial charge in [-0.25, -0.2) is 0 Å². The molecule has 0 amide bonds. The van der Waals surface area contributed by atoms with Gasteiger partial charge >= 0.3 is 56.9 Å². The van der Waals surface area contributed by atoms with Crippen LogP contribution in [0, 0.1) is 0 Å². The zero-order chi connectivity index (χ0) is 8.53. The Hall–Kier alpha value is 0.430. The molecule has 0 atom stereocenters. The molecule has 2 nitrogen and oxygen atoms in total. The van der Waals surface area contributed by atoms with Crippen molar-refractivity contribution in [2.75, 3.05) is 13.7 Å². The predicted octanol–water partition coefficient (Wildman–Crippen LogP) is 1.88. The summed E-state index contributed by atoms with van der Waals surface area (Å²) in [4.78, 5) is 0. The third-order valence-electron chi connectivity index (χ3n) is 0.664. The third-order valence-corrected chi connectivity index (χ3v) is 4.46. The van der Waals surface area contributed by atoms with E-state index in [9.17, 15) is 11.6 Å². The van der Waals surface area contributed by atoms with Crippen molar-refractivity contribution in [3.63, 3.8) is 0 Å². The second-order valence-electron chi connectivity index (χ2n) is 1.50. The summed E-state index contributed by atoms with van der Waals surface area (Å²) in [6, 6.07) is 0. The van der Waals surface area contributed by atoms with Crippen LogP contribution < -0.4 is 0 Å². The molecule has 0 spiro atoms. The van der Waals surface area contributed by atoms with Crippen molar-refractivity contribution in [2.24, 2.45) is 0 Å². The van der Waals surface area contributed by atoms with Crippen LogP contribution in [0.5, 0.6) is 0 Å². The Kier molecular flexibility index (Phi) is 2.06. The molecule has 10 heavy (non-hydrogen) atoms. The molecular weight excluding hydrogens is 272 g/mol. The van der Waals surface area contributed by atoms with Crippen LogP contribution in [0.25, 0.3) is 0 Å². The first-order chi connectivity index (χ1) is 4.12. The Morgan fingerprint density at radius 1 is 1.20 bits per heavy atom. The summed E-state index contributed by atoms with van der Waals surface area (Å²) in [5.74, 6) is 0. The summed E-state index contributed by atoms with van der Waals surface area (Å²) in [7, 11) is 0.237. The molecule has 0 aliphatic carbocycles. The van der Waals surface area contributed by atoms with Gasteiger partial charge in [0.1, 0.15) is 0 Å². The van der Waals surface area contributed by atoms with Crippen LogP contribution >= 0.6 is 0 Å². The minimum absolute atomic E-state index is 0.237. The first kappa shape index (κ1) is 10.4. The van der Waals surface area contributed by atoms with Crippen molar-refractivity contribution in [3.8, 4) is 0 Å². The number of hydrogen-bond donors (Lipinski definition) is 0. The van der Waals surface area contributed by atoms with Crippen LogP contribution in [0.3, 0.4) is 0 Å². The van der Waals surface area contributed by atoms with Crippen LogP contribution in [0.4, 0.5) is 11.6 Å². The van der Waals surface area contributed by atoms with Gasteiger partial charge in [0.25, 0.3) is 0 Å². The van der Waals surface area contributed by atoms with E-state index in [4.69, 9.17) is 0 Å². The maximum atomic E-state index is 11.9. The maximum absolute atomic E-state index is 11.9. The summed E-state index contributed by atoms with van der Waals surface area (Å²) >= 11 is -9.35. The van der Waals surface area contributed by atoms with Gasteiger partial charge in [-0.3, -0.25) is 0 Å². The quantitative estimate of drug-likeness (QED) is 0.580. The molecule has 0 bridgehead atoms. The number of rotatable bonds is 3. The fourth-order valence-corrected chi connectivity index (χ4v) is 1.84. The van der Waals surface area contributed by atoms with Crippen LogP contribution in [0.15, 0.2) is 0 Å². The molecule has 0 saturated carbocycles. The van der Waals surface area contributed by atoms with E-state index in [0.717, 1.165) is 6.92 Å². The Morgan fingerprint density at radius 3 is 1.70 bits per heavy atom. The van der Waals surface area contributed by atoms with Gasteiger partial charge < -0.3 is 0 Å². The van der Waals surface area contributed by atoms with Gasteiger partial charge in [0.15, 0.2) is 0 Å². The molecule has 0 radical (unpaired) electrons. The molecule has 0 aliphatic heterocycles. The molecule has 0 N–H and O–H groups in total. The van der Waals surface area contributed by atoms with E-state index in [1.807, 2.05) is 0 Å². The summed E-state index contributed by atoms with van der Waals surface area (Å²) in [6.45, 7) is 0.278. The third kappa shape index (κ3) is 3.56. The zero-order valence-corrected chi connectivity index (χ0v) is 7.77. The van der Waals surface area contributed by atoms with Crippen LogP contribution in [0.2, 0.25) is 0 Å². The van der Waals surface area contributed by atoms with Crippen molar-refractivity contribution in [2.45, 2.75) is 6.92 Å². The summed E-state index contributed by atoms with van der Waals surface area (Å²) in [5, 5.41) is 0. The summed E-state index contributed by atoms with van der Waals surface area (Å²) in [6.07, 6.45) is 0. The first-order valence-electron chi connectivity index (χ1n) is 2.35. The second kappa shape index (κ2) is 1.97. The van der Waals surface area contributed by atoms with Crippen molar-refractivity contribution in [3.05, 3.63) is 0 Å². The molecular formula is C3H8F4O2Te. The molecule has 66 valence electrons. The molecule has 0 heterocycles. The molecule has 0 rings (SSSR count). The van der Waals surface area contributed by atoms with E-state index in [1.165, 1.54) is 0 Å². The monoisotopic (exact) mass is 282 g/mol. The van der Waals surface area contributed by atoms with E-state index in [1.54, 1.807) is 0 Å². The Bertz CT molecular complexity index is 137. The van der Waals surface area contributed by atoms with Crippen LogP contribution in [0.1, 0.15) is 6.92 Å². The molecule has 0 aromatic heterocycles.